The molecule has 0 unspecified atom stereocenters. The number of hydrogen-bond donors (Lipinski definition) is 0. The number of hydrogen-bond acceptors (Lipinski definition) is 2. The molecule has 0 spiro atoms. The van der Waals surface area contributed by atoms with E-state index >= 15 is 0 Å². The fourth-order valence-electron chi connectivity index (χ4n) is 1.51. The summed E-state index contributed by atoms with van der Waals surface area (Å²) in [5, 5.41) is 6.26. The highest BCUT2D eigenvalue weighted by atomic mass is 79.9. The van der Waals surface area contributed by atoms with Gasteiger partial charge in [0.25, 0.3) is 0 Å². The van der Waals surface area contributed by atoms with Gasteiger partial charge in [0.2, 0.25) is 5.91 Å². The molecule has 0 aliphatic heterocycles. The second-order valence-corrected chi connectivity index (χ2v) is 4.12. The van der Waals surface area contributed by atoms with Crippen molar-refractivity contribution in [2.75, 3.05) is 0 Å². The zero-order valence-electron chi connectivity index (χ0n) is 8.00. The average Bonchev–Trinajstić information content (AvgIpc) is 2.58. The maximum absolute atomic E-state index is 11.4. The summed E-state index contributed by atoms with van der Waals surface area (Å²) in [6.45, 7) is 1.47. The number of rotatable bonds is 1. The van der Waals surface area contributed by atoms with Crippen LogP contribution in [0.4, 0.5) is 0 Å². The molecular formula is C10H8BrClN2O. The molecule has 0 aliphatic carbocycles. The Morgan fingerprint density at radius 2 is 2.33 bits per heavy atom. The van der Waals surface area contributed by atoms with Crippen LogP contribution >= 0.6 is 27.5 Å². The topological polar surface area (TPSA) is 34.9 Å². The molecule has 1 aromatic heterocycles. The van der Waals surface area contributed by atoms with Crippen LogP contribution in [0, 0.1) is 0 Å². The van der Waals surface area contributed by atoms with Crippen molar-refractivity contribution in [2.45, 2.75) is 12.3 Å². The summed E-state index contributed by atoms with van der Waals surface area (Å²) >= 11 is 9.38. The van der Waals surface area contributed by atoms with E-state index in [4.69, 9.17) is 11.6 Å². The molecule has 3 nitrogen and oxygen atoms in total. The Labute approximate surface area is 100 Å². The first-order valence-electron chi connectivity index (χ1n) is 4.38. The first-order chi connectivity index (χ1) is 7.15. The van der Waals surface area contributed by atoms with Crippen LogP contribution in [0.2, 0.25) is 5.02 Å². The summed E-state index contributed by atoms with van der Waals surface area (Å²) in [6.07, 6.45) is 0. The van der Waals surface area contributed by atoms with Gasteiger partial charge in [-0.05, 0) is 6.07 Å². The lowest BCUT2D eigenvalue weighted by Gasteiger charge is -1.98. The monoisotopic (exact) mass is 286 g/mol. The van der Waals surface area contributed by atoms with E-state index < -0.39 is 0 Å². The minimum Gasteiger partial charge on any atom is -0.273 e. The van der Waals surface area contributed by atoms with E-state index in [1.54, 1.807) is 6.07 Å². The van der Waals surface area contributed by atoms with Gasteiger partial charge in [-0.2, -0.15) is 9.78 Å². The number of halogens is 2. The number of nitrogens with zero attached hydrogens (tertiary/aromatic N) is 2. The highest BCUT2D eigenvalue weighted by molar-refractivity contribution is 9.08. The number of benzene rings is 1. The molecule has 0 fully saturated rings. The number of carbonyl (C=O) groups is 1. The fourth-order valence-corrected chi connectivity index (χ4v) is 2.18. The molecule has 0 atom stereocenters. The van der Waals surface area contributed by atoms with Gasteiger partial charge in [0.05, 0.1) is 16.2 Å². The molecule has 0 amide bonds. The third-order valence-corrected chi connectivity index (χ3v) is 2.99. The molecule has 5 heteroatoms. The third kappa shape index (κ3) is 1.68. The van der Waals surface area contributed by atoms with Crippen molar-refractivity contribution in [3.63, 3.8) is 0 Å². The van der Waals surface area contributed by atoms with E-state index in [2.05, 4.69) is 21.0 Å². The van der Waals surface area contributed by atoms with Crippen LogP contribution in [0.25, 0.3) is 10.9 Å². The van der Waals surface area contributed by atoms with Crippen molar-refractivity contribution in [1.29, 1.82) is 0 Å². The van der Waals surface area contributed by atoms with Crippen LogP contribution in [0.15, 0.2) is 18.2 Å². The Hall–Kier alpha value is -0.870. The van der Waals surface area contributed by atoms with Gasteiger partial charge in [0, 0.05) is 17.6 Å². The van der Waals surface area contributed by atoms with Crippen LogP contribution in [0.5, 0.6) is 0 Å². The minimum atomic E-state index is -0.139. The van der Waals surface area contributed by atoms with Gasteiger partial charge in [-0.25, -0.2) is 0 Å². The molecule has 0 bridgehead atoms. The first-order valence-corrected chi connectivity index (χ1v) is 5.88. The summed E-state index contributed by atoms with van der Waals surface area (Å²) in [7, 11) is 0. The van der Waals surface area contributed by atoms with E-state index in [-0.39, 0.29) is 5.91 Å². The van der Waals surface area contributed by atoms with Crippen LogP contribution in [0.1, 0.15) is 17.4 Å². The molecule has 0 N–H and O–H groups in total. The molecule has 0 aliphatic rings. The number of carbonyl (C=O) groups excluding carboxylic acids is 1. The lowest BCUT2D eigenvalue weighted by molar-refractivity contribution is 0.0926. The second-order valence-electron chi connectivity index (χ2n) is 3.15. The molecule has 78 valence electrons. The summed E-state index contributed by atoms with van der Waals surface area (Å²) < 4.78 is 1.34. The standard InChI is InChI=1S/C10H8BrClN2O/c1-6(15)14-10-7(9(5-11)13-14)3-2-4-8(10)12/h2-4H,5H2,1H3. The van der Waals surface area contributed by atoms with Gasteiger partial charge in [0.15, 0.2) is 0 Å². The highest BCUT2D eigenvalue weighted by Gasteiger charge is 2.14. The summed E-state index contributed by atoms with van der Waals surface area (Å²) in [5.41, 5.74) is 1.50. The zero-order valence-corrected chi connectivity index (χ0v) is 10.3. The quantitative estimate of drug-likeness (QED) is 0.755. The minimum absolute atomic E-state index is 0.139. The van der Waals surface area contributed by atoms with Gasteiger partial charge < -0.3 is 0 Å². The number of alkyl halides is 1. The summed E-state index contributed by atoms with van der Waals surface area (Å²) in [5.74, 6) is -0.139. The van der Waals surface area contributed by atoms with Crippen molar-refractivity contribution < 1.29 is 4.79 Å². The third-order valence-electron chi connectivity index (χ3n) is 2.16. The second kappa shape index (κ2) is 3.94. The van der Waals surface area contributed by atoms with E-state index in [1.807, 2.05) is 12.1 Å². The first kappa shape index (κ1) is 10.6. The SMILES string of the molecule is CC(=O)n1nc(CBr)c2cccc(Cl)c21. The molecule has 1 aromatic carbocycles. The van der Waals surface area contributed by atoms with Gasteiger partial charge in [-0.1, -0.05) is 39.7 Å². The summed E-state index contributed by atoms with van der Waals surface area (Å²) in [6, 6.07) is 5.51. The Balaban J connectivity index is 2.88. The van der Waals surface area contributed by atoms with Crippen molar-refractivity contribution in [1.82, 2.24) is 9.78 Å². The van der Waals surface area contributed by atoms with Crippen LogP contribution in [-0.4, -0.2) is 15.7 Å². The molecular weight excluding hydrogens is 279 g/mol. The molecule has 0 saturated heterocycles. The van der Waals surface area contributed by atoms with E-state index in [0.29, 0.717) is 15.9 Å². The molecule has 2 rings (SSSR count). The van der Waals surface area contributed by atoms with Crippen molar-refractivity contribution >= 4 is 44.3 Å². The Bertz CT molecular complexity index is 535. The normalized spacial score (nSPS) is 10.9. The Morgan fingerprint density at radius 1 is 1.60 bits per heavy atom. The molecule has 2 aromatic rings. The number of para-hydroxylation sites is 1. The molecule has 0 saturated carbocycles. The summed E-state index contributed by atoms with van der Waals surface area (Å²) in [4.78, 5) is 11.4. The average molecular weight is 288 g/mol. The molecule has 0 radical (unpaired) electrons. The van der Waals surface area contributed by atoms with Gasteiger partial charge in [-0.3, -0.25) is 4.79 Å². The van der Waals surface area contributed by atoms with Gasteiger partial charge >= 0.3 is 0 Å². The lowest BCUT2D eigenvalue weighted by atomic mass is 10.2. The zero-order chi connectivity index (χ0) is 11.0. The predicted molar refractivity (Wildman–Crippen MR) is 63.7 cm³/mol. The number of aromatic nitrogens is 2. The van der Waals surface area contributed by atoms with E-state index in [1.165, 1.54) is 11.6 Å². The molecule has 1 heterocycles. The molecule has 15 heavy (non-hydrogen) atoms. The van der Waals surface area contributed by atoms with Crippen LogP contribution < -0.4 is 0 Å². The Kier molecular flexibility index (Phi) is 2.80. The van der Waals surface area contributed by atoms with Gasteiger partial charge in [0.1, 0.15) is 0 Å². The maximum Gasteiger partial charge on any atom is 0.244 e. The number of fused-ring (bicyclic) bond motifs is 1. The Morgan fingerprint density at radius 3 is 2.93 bits per heavy atom. The van der Waals surface area contributed by atoms with Crippen LogP contribution in [-0.2, 0) is 5.33 Å². The van der Waals surface area contributed by atoms with Gasteiger partial charge in [-0.15, -0.1) is 0 Å². The van der Waals surface area contributed by atoms with Crippen molar-refractivity contribution in [2.24, 2.45) is 0 Å². The maximum atomic E-state index is 11.4. The highest BCUT2D eigenvalue weighted by Crippen LogP contribution is 2.27. The smallest absolute Gasteiger partial charge is 0.244 e. The van der Waals surface area contributed by atoms with E-state index in [0.717, 1.165) is 11.1 Å². The van der Waals surface area contributed by atoms with Crippen LogP contribution in [0.3, 0.4) is 0 Å². The van der Waals surface area contributed by atoms with E-state index in [9.17, 15) is 4.79 Å². The van der Waals surface area contributed by atoms with Crippen molar-refractivity contribution in [3.05, 3.63) is 28.9 Å². The predicted octanol–water partition coefficient (Wildman–Crippen LogP) is 3.24. The largest absolute Gasteiger partial charge is 0.273 e. The lowest BCUT2D eigenvalue weighted by Crippen LogP contribution is -2.07. The fraction of sp³-hybridized carbons (Fsp3) is 0.200. The van der Waals surface area contributed by atoms with Crippen molar-refractivity contribution in [3.8, 4) is 0 Å².